The molecule has 0 bridgehead atoms. The van der Waals surface area contributed by atoms with E-state index in [9.17, 15) is 0 Å². The van der Waals surface area contributed by atoms with Gasteiger partial charge in [0.15, 0.2) is 0 Å². The van der Waals surface area contributed by atoms with Gasteiger partial charge in [-0.2, -0.15) is 0 Å². The number of benzene rings is 1. The third kappa shape index (κ3) is 2.47. The second-order valence-corrected chi connectivity index (χ2v) is 4.73. The molecule has 4 heteroatoms. The number of para-hydroxylation sites is 1. The SMILES string of the molecule is ClCCCc1cc(-c2cccc3cccnc23)no1. The van der Waals surface area contributed by atoms with Gasteiger partial charge < -0.3 is 4.52 Å². The largest absolute Gasteiger partial charge is 0.361 e. The van der Waals surface area contributed by atoms with E-state index in [0.717, 1.165) is 40.8 Å². The van der Waals surface area contributed by atoms with Gasteiger partial charge in [-0.3, -0.25) is 4.98 Å². The van der Waals surface area contributed by atoms with Crippen LogP contribution in [0.1, 0.15) is 12.2 Å². The van der Waals surface area contributed by atoms with Crippen LogP contribution >= 0.6 is 11.6 Å². The lowest BCUT2D eigenvalue weighted by molar-refractivity contribution is 0.384. The summed E-state index contributed by atoms with van der Waals surface area (Å²) >= 11 is 5.68. The molecule has 2 heterocycles. The van der Waals surface area contributed by atoms with Gasteiger partial charge in [0.25, 0.3) is 0 Å². The Morgan fingerprint density at radius 3 is 2.95 bits per heavy atom. The zero-order chi connectivity index (χ0) is 13.1. The number of fused-ring (bicyclic) bond motifs is 1. The van der Waals surface area contributed by atoms with Crippen molar-refractivity contribution in [2.75, 3.05) is 5.88 Å². The van der Waals surface area contributed by atoms with E-state index < -0.39 is 0 Å². The summed E-state index contributed by atoms with van der Waals surface area (Å²) in [5.41, 5.74) is 2.77. The maximum atomic E-state index is 5.68. The van der Waals surface area contributed by atoms with Crippen LogP contribution in [0.4, 0.5) is 0 Å². The first-order chi connectivity index (χ1) is 9.38. The lowest BCUT2D eigenvalue weighted by Crippen LogP contribution is -1.84. The van der Waals surface area contributed by atoms with Gasteiger partial charge in [-0.05, 0) is 12.5 Å². The van der Waals surface area contributed by atoms with Gasteiger partial charge >= 0.3 is 0 Å². The Balaban J connectivity index is 2.02. The molecular weight excluding hydrogens is 260 g/mol. The topological polar surface area (TPSA) is 38.9 Å². The number of rotatable bonds is 4. The van der Waals surface area contributed by atoms with E-state index >= 15 is 0 Å². The lowest BCUT2D eigenvalue weighted by atomic mass is 10.1. The van der Waals surface area contributed by atoms with Crippen LogP contribution in [0.3, 0.4) is 0 Å². The molecule has 0 unspecified atom stereocenters. The predicted molar refractivity (Wildman–Crippen MR) is 76.3 cm³/mol. The summed E-state index contributed by atoms with van der Waals surface area (Å²) in [5, 5.41) is 5.23. The highest BCUT2D eigenvalue weighted by atomic mass is 35.5. The zero-order valence-electron chi connectivity index (χ0n) is 10.3. The fourth-order valence-electron chi connectivity index (χ4n) is 2.11. The van der Waals surface area contributed by atoms with Crippen LogP contribution in [0.15, 0.2) is 47.1 Å². The summed E-state index contributed by atoms with van der Waals surface area (Å²) in [6.45, 7) is 0. The van der Waals surface area contributed by atoms with Gasteiger partial charge in [0.2, 0.25) is 0 Å². The summed E-state index contributed by atoms with van der Waals surface area (Å²) < 4.78 is 5.33. The van der Waals surface area contributed by atoms with Gasteiger partial charge in [0, 0.05) is 35.5 Å². The molecule has 0 saturated heterocycles. The van der Waals surface area contributed by atoms with E-state index in [2.05, 4.69) is 10.1 Å². The quantitative estimate of drug-likeness (QED) is 0.672. The van der Waals surface area contributed by atoms with Crippen LogP contribution < -0.4 is 0 Å². The van der Waals surface area contributed by atoms with Crippen LogP contribution in [0.2, 0.25) is 0 Å². The van der Waals surface area contributed by atoms with E-state index in [1.165, 1.54) is 0 Å². The van der Waals surface area contributed by atoms with E-state index in [4.69, 9.17) is 16.1 Å². The van der Waals surface area contributed by atoms with Crippen molar-refractivity contribution in [2.45, 2.75) is 12.8 Å². The molecule has 0 radical (unpaired) electrons. The standard InChI is InChI=1S/C15H13ClN2O/c16-8-2-6-12-10-14(18-19-12)13-7-1-4-11-5-3-9-17-15(11)13/h1,3-5,7,9-10H,2,6,8H2. The third-order valence-electron chi connectivity index (χ3n) is 3.02. The Morgan fingerprint density at radius 1 is 1.16 bits per heavy atom. The molecular formula is C15H13ClN2O. The summed E-state index contributed by atoms with van der Waals surface area (Å²) in [6, 6.07) is 12.0. The first-order valence-corrected chi connectivity index (χ1v) is 6.77. The molecule has 3 rings (SSSR count). The molecule has 0 amide bonds. The smallest absolute Gasteiger partial charge is 0.137 e. The lowest BCUT2D eigenvalue weighted by Gasteiger charge is -2.01. The molecule has 3 nitrogen and oxygen atoms in total. The molecule has 3 aromatic rings. The number of aromatic nitrogens is 2. The number of alkyl halides is 1. The van der Waals surface area contributed by atoms with Crippen LogP contribution in [0.25, 0.3) is 22.2 Å². The molecule has 0 atom stereocenters. The molecule has 0 N–H and O–H groups in total. The Kier molecular flexibility index (Phi) is 3.47. The van der Waals surface area contributed by atoms with Crippen molar-refractivity contribution in [3.8, 4) is 11.3 Å². The van der Waals surface area contributed by atoms with Crippen LogP contribution in [0, 0.1) is 0 Å². The minimum atomic E-state index is 0.631. The Hall–Kier alpha value is -1.87. The van der Waals surface area contributed by atoms with Crippen molar-refractivity contribution in [3.05, 3.63) is 48.4 Å². The molecule has 19 heavy (non-hydrogen) atoms. The Labute approximate surface area is 116 Å². The summed E-state index contributed by atoms with van der Waals surface area (Å²) in [7, 11) is 0. The highest BCUT2D eigenvalue weighted by Crippen LogP contribution is 2.26. The molecule has 0 saturated carbocycles. The molecule has 0 aliphatic carbocycles. The number of aryl methyl sites for hydroxylation is 1. The van der Waals surface area contributed by atoms with Crippen LogP contribution in [0.5, 0.6) is 0 Å². The highest BCUT2D eigenvalue weighted by Gasteiger charge is 2.10. The van der Waals surface area contributed by atoms with Gasteiger partial charge in [-0.25, -0.2) is 0 Å². The molecule has 2 aromatic heterocycles. The summed E-state index contributed by atoms with van der Waals surface area (Å²) in [5.74, 6) is 1.50. The Morgan fingerprint density at radius 2 is 2.05 bits per heavy atom. The number of halogens is 1. The van der Waals surface area contributed by atoms with E-state index in [1.54, 1.807) is 6.20 Å². The van der Waals surface area contributed by atoms with Gasteiger partial charge in [0.05, 0.1) is 5.52 Å². The van der Waals surface area contributed by atoms with E-state index in [1.807, 2.05) is 36.4 Å². The van der Waals surface area contributed by atoms with Crippen LogP contribution in [-0.4, -0.2) is 16.0 Å². The van der Waals surface area contributed by atoms with E-state index in [0.29, 0.717) is 5.88 Å². The van der Waals surface area contributed by atoms with Gasteiger partial charge in [0.1, 0.15) is 11.5 Å². The van der Waals surface area contributed by atoms with Gasteiger partial charge in [-0.1, -0.05) is 29.4 Å². The second-order valence-electron chi connectivity index (χ2n) is 4.35. The molecule has 0 spiro atoms. The highest BCUT2D eigenvalue weighted by molar-refractivity contribution is 6.17. The van der Waals surface area contributed by atoms with Crippen molar-refractivity contribution >= 4 is 22.5 Å². The molecule has 0 aliphatic heterocycles. The maximum absolute atomic E-state index is 5.68. The fourth-order valence-corrected chi connectivity index (χ4v) is 2.24. The normalized spacial score (nSPS) is 11.0. The number of hydrogen-bond donors (Lipinski definition) is 0. The molecule has 1 aromatic carbocycles. The van der Waals surface area contributed by atoms with E-state index in [-0.39, 0.29) is 0 Å². The summed E-state index contributed by atoms with van der Waals surface area (Å²) in [4.78, 5) is 4.43. The van der Waals surface area contributed by atoms with Crippen molar-refractivity contribution in [3.63, 3.8) is 0 Å². The fraction of sp³-hybridized carbons (Fsp3) is 0.200. The molecule has 96 valence electrons. The predicted octanol–water partition coefficient (Wildman–Crippen LogP) is 4.06. The maximum Gasteiger partial charge on any atom is 0.137 e. The summed E-state index contributed by atoms with van der Waals surface area (Å²) in [6.07, 6.45) is 3.50. The monoisotopic (exact) mass is 272 g/mol. The minimum absolute atomic E-state index is 0.631. The average molecular weight is 273 g/mol. The first kappa shape index (κ1) is 12.2. The minimum Gasteiger partial charge on any atom is -0.361 e. The number of pyridine rings is 1. The molecule has 0 fully saturated rings. The third-order valence-corrected chi connectivity index (χ3v) is 3.29. The number of hydrogen-bond acceptors (Lipinski definition) is 3. The molecule has 0 aliphatic rings. The second kappa shape index (κ2) is 5.41. The van der Waals surface area contributed by atoms with Crippen molar-refractivity contribution in [1.82, 2.24) is 10.1 Å². The van der Waals surface area contributed by atoms with Crippen molar-refractivity contribution in [2.24, 2.45) is 0 Å². The van der Waals surface area contributed by atoms with Crippen molar-refractivity contribution < 1.29 is 4.52 Å². The van der Waals surface area contributed by atoms with Gasteiger partial charge in [-0.15, -0.1) is 11.6 Å². The number of nitrogens with zero attached hydrogens (tertiary/aromatic N) is 2. The average Bonchev–Trinajstić information content (AvgIpc) is 2.93. The van der Waals surface area contributed by atoms with Crippen LogP contribution in [-0.2, 0) is 6.42 Å². The van der Waals surface area contributed by atoms with Crippen molar-refractivity contribution in [1.29, 1.82) is 0 Å². The zero-order valence-corrected chi connectivity index (χ0v) is 11.1. The Bertz CT molecular complexity index is 688. The first-order valence-electron chi connectivity index (χ1n) is 6.24.